The van der Waals surface area contributed by atoms with E-state index in [1.54, 1.807) is 25.1 Å². The zero-order valence-electron chi connectivity index (χ0n) is 20.8. The number of aryl methyl sites for hydroxylation is 2. The number of benzene rings is 3. The lowest BCUT2D eigenvalue weighted by molar-refractivity contribution is -0.137. The number of rotatable bonds is 6. The van der Waals surface area contributed by atoms with Gasteiger partial charge < -0.3 is 15.3 Å². The van der Waals surface area contributed by atoms with Crippen LogP contribution in [-0.2, 0) is 11.0 Å². The smallest absolute Gasteiger partial charge is 0.416 e. The first-order valence-electron chi connectivity index (χ1n) is 11.7. The number of phenols is 1. The van der Waals surface area contributed by atoms with Crippen LogP contribution in [0.1, 0.15) is 41.2 Å². The third kappa shape index (κ3) is 5.13. The fourth-order valence-electron chi connectivity index (χ4n) is 4.12. The van der Waals surface area contributed by atoms with Gasteiger partial charge >= 0.3 is 12.1 Å². The summed E-state index contributed by atoms with van der Waals surface area (Å²) in [7, 11) is 0. The molecular weight excluding hydrogens is 497 g/mol. The predicted octanol–water partition coefficient (Wildman–Crippen LogP) is 7.31. The maximum absolute atomic E-state index is 13.5. The lowest BCUT2D eigenvalue weighted by Crippen LogP contribution is -2.05. The topological polar surface area (TPSA) is 95.0 Å². The molecule has 0 amide bonds. The summed E-state index contributed by atoms with van der Waals surface area (Å²) in [5, 5.41) is 31.2. The van der Waals surface area contributed by atoms with Crippen molar-refractivity contribution in [3.8, 4) is 17.3 Å². The Labute approximate surface area is 216 Å². The van der Waals surface area contributed by atoms with E-state index < -0.39 is 17.7 Å². The molecule has 9 heteroatoms. The number of carboxylic acid groups (broad SMARTS) is 1. The molecule has 3 aromatic carbocycles. The van der Waals surface area contributed by atoms with Crippen LogP contribution in [0.3, 0.4) is 0 Å². The second-order valence-corrected chi connectivity index (χ2v) is 8.91. The Hall–Kier alpha value is -4.53. The highest BCUT2D eigenvalue weighted by atomic mass is 19.4. The quantitative estimate of drug-likeness (QED) is 0.183. The number of alkyl halides is 3. The van der Waals surface area contributed by atoms with Crippen LogP contribution in [0.15, 0.2) is 65.2 Å². The first kappa shape index (κ1) is 26.5. The second-order valence-electron chi connectivity index (χ2n) is 8.91. The molecule has 0 unspecified atom stereocenters. The highest BCUT2D eigenvalue weighted by Crippen LogP contribution is 2.38. The van der Waals surface area contributed by atoms with E-state index in [0.717, 1.165) is 23.3 Å². The van der Waals surface area contributed by atoms with Crippen LogP contribution in [0.2, 0.25) is 0 Å². The van der Waals surface area contributed by atoms with Crippen molar-refractivity contribution in [2.24, 2.45) is 4.99 Å². The average molecular weight is 523 g/mol. The number of aromatic nitrogens is 1. The summed E-state index contributed by atoms with van der Waals surface area (Å²) in [5.74, 6) is -1.59. The molecule has 1 heterocycles. The van der Waals surface area contributed by atoms with Crippen molar-refractivity contribution in [2.45, 2.75) is 33.4 Å². The first-order valence-corrected chi connectivity index (χ1v) is 11.7. The van der Waals surface area contributed by atoms with Gasteiger partial charge in [-0.3, -0.25) is 9.56 Å². The number of hydrogen-bond donors (Lipinski definition) is 3. The molecule has 0 atom stereocenters. The number of halogens is 3. The number of hydrogen-bond acceptors (Lipinski definition) is 4. The highest BCUT2D eigenvalue weighted by molar-refractivity contribution is 6.04. The molecule has 38 heavy (non-hydrogen) atoms. The zero-order chi connectivity index (χ0) is 27.8. The molecule has 4 rings (SSSR count). The van der Waals surface area contributed by atoms with Crippen molar-refractivity contribution in [1.82, 2.24) is 4.57 Å². The van der Waals surface area contributed by atoms with E-state index in [2.05, 4.69) is 4.99 Å². The largest absolute Gasteiger partial charge is 0.506 e. The van der Waals surface area contributed by atoms with Gasteiger partial charge in [0.05, 0.1) is 16.6 Å². The van der Waals surface area contributed by atoms with E-state index in [-0.39, 0.29) is 34.0 Å². The highest BCUT2D eigenvalue weighted by Gasteiger charge is 2.31. The fourth-order valence-corrected chi connectivity index (χ4v) is 4.12. The van der Waals surface area contributed by atoms with Gasteiger partial charge in [0, 0.05) is 22.9 Å². The molecule has 0 saturated heterocycles. The third-order valence-corrected chi connectivity index (χ3v) is 6.39. The van der Waals surface area contributed by atoms with E-state index in [1.165, 1.54) is 35.1 Å². The SMILES string of the molecule is CC/C(=C\c1ccc(N=Cc2c(O)n(-c3ccc(C)c(C)c3)c3cc(C(F)(F)F)ccc23)c(O)c1)C(=O)O. The lowest BCUT2D eigenvalue weighted by Gasteiger charge is -2.11. The summed E-state index contributed by atoms with van der Waals surface area (Å²) in [6, 6.07) is 12.9. The van der Waals surface area contributed by atoms with Crippen molar-refractivity contribution in [3.05, 3.63) is 88.0 Å². The zero-order valence-corrected chi connectivity index (χ0v) is 20.8. The minimum atomic E-state index is -4.57. The maximum Gasteiger partial charge on any atom is 0.416 e. The van der Waals surface area contributed by atoms with Crippen molar-refractivity contribution in [3.63, 3.8) is 0 Å². The number of carboxylic acids is 1. The van der Waals surface area contributed by atoms with Crippen LogP contribution in [0.5, 0.6) is 11.6 Å². The molecular formula is C29H25F3N2O4. The van der Waals surface area contributed by atoms with Gasteiger partial charge in [-0.25, -0.2) is 4.79 Å². The van der Waals surface area contributed by atoms with Crippen molar-refractivity contribution in [2.75, 3.05) is 0 Å². The normalized spacial score (nSPS) is 12.5. The van der Waals surface area contributed by atoms with E-state index in [4.69, 9.17) is 0 Å². The number of nitrogens with zero attached hydrogens (tertiary/aromatic N) is 2. The summed E-state index contributed by atoms with van der Waals surface area (Å²) >= 11 is 0. The molecule has 0 fully saturated rings. The van der Waals surface area contributed by atoms with E-state index >= 15 is 0 Å². The number of fused-ring (bicyclic) bond motifs is 1. The second kappa shape index (κ2) is 10.1. The maximum atomic E-state index is 13.5. The number of aliphatic carboxylic acids is 1. The van der Waals surface area contributed by atoms with Gasteiger partial charge in [0.1, 0.15) is 11.4 Å². The van der Waals surface area contributed by atoms with Crippen LogP contribution in [-0.4, -0.2) is 32.1 Å². The first-order chi connectivity index (χ1) is 17.9. The van der Waals surface area contributed by atoms with Crippen LogP contribution in [0.25, 0.3) is 22.7 Å². The Bertz CT molecular complexity index is 1610. The molecule has 1 aromatic heterocycles. The third-order valence-electron chi connectivity index (χ3n) is 6.39. The summed E-state index contributed by atoms with van der Waals surface area (Å²) in [6.45, 7) is 5.48. The molecule has 0 aliphatic rings. The van der Waals surface area contributed by atoms with E-state index in [1.807, 2.05) is 19.9 Å². The average Bonchev–Trinajstić information content (AvgIpc) is 3.13. The van der Waals surface area contributed by atoms with Crippen molar-refractivity contribution >= 4 is 34.9 Å². The van der Waals surface area contributed by atoms with Crippen LogP contribution < -0.4 is 0 Å². The molecule has 0 aliphatic carbocycles. The van der Waals surface area contributed by atoms with Gasteiger partial charge in [0.2, 0.25) is 5.88 Å². The van der Waals surface area contributed by atoms with Gasteiger partial charge in [-0.1, -0.05) is 25.1 Å². The molecule has 6 nitrogen and oxygen atoms in total. The van der Waals surface area contributed by atoms with Gasteiger partial charge in [-0.15, -0.1) is 0 Å². The van der Waals surface area contributed by atoms with Crippen LogP contribution in [0.4, 0.5) is 18.9 Å². The Balaban J connectivity index is 1.84. The summed E-state index contributed by atoms with van der Waals surface area (Å²) in [5.41, 5.74) is 2.61. The Morgan fingerprint density at radius 3 is 2.34 bits per heavy atom. The molecule has 0 radical (unpaired) electrons. The minimum Gasteiger partial charge on any atom is -0.506 e. The Morgan fingerprint density at radius 1 is 1.00 bits per heavy atom. The molecule has 196 valence electrons. The summed E-state index contributed by atoms with van der Waals surface area (Å²) in [4.78, 5) is 15.5. The summed E-state index contributed by atoms with van der Waals surface area (Å²) < 4.78 is 41.9. The van der Waals surface area contributed by atoms with Crippen LogP contribution >= 0.6 is 0 Å². The molecule has 0 bridgehead atoms. The van der Waals surface area contributed by atoms with Gasteiger partial charge in [-0.05, 0) is 79.4 Å². The summed E-state index contributed by atoms with van der Waals surface area (Å²) in [6.07, 6.45) is -1.55. The number of phenolic OH excluding ortho intramolecular Hbond substituents is 1. The van der Waals surface area contributed by atoms with Crippen LogP contribution in [0, 0.1) is 13.8 Å². The Kier molecular flexibility index (Phi) is 7.04. The lowest BCUT2D eigenvalue weighted by atomic mass is 10.1. The predicted molar refractivity (Wildman–Crippen MR) is 141 cm³/mol. The number of aliphatic imine (C=N–C) groups is 1. The molecule has 0 saturated carbocycles. The molecule has 0 spiro atoms. The van der Waals surface area contributed by atoms with Gasteiger partial charge in [0.25, 0.3) is 0 Å². The van der Waals surface area contributed by atoms with E-state index in [0.29, 0.717) is 23.1 Å². The Morgan fingerprint density at radius 2 is 1.74 bits per heavy atom. The number of aromatic hydroxyl groups is 2. The van der Waals surface area contributed by atoms with Gasteiger partial charge in [0.15, 0.2) is 0 Å². The van der Waals surface area contributed by atoms with E-state index in [9.17, 15) is 33.3 Å². The van der Waals surface area contributed by atoms with Crippen molar-refractivity contribution < 1.29 is 33.3 Å². The number of carbonyl (C=O) groups is 1. The molecule has 4 aromatic rings. The van der Waals surface area contributed by atoms with Crippen molar-refractivity contribution in [1.29, 1.82) is 0 Å². The fraction of sp³-hybridized carbons (Fsp3) is 0.172. The monoisotopic (exact) mass is 522 g/mol. The molecule has 0 aliphatic heterocycles. The molecule has 3 N–H and O–H groups in total. The minimum absolute atomic E-state index is 0.133. The standard InChI is InChI=1S/C29H25F3N2O4/c1-4-19(28(37)38)12-18-6-10-24(26(35)13-18)33-15-23-22-9-7-20(29(30,31)32)14-25(22)34(27(23)36)21-8-5-16(2)17(3)11-21/h5-15,35-36H,4H2,1-3H3,(H,37,38)/b19-12+,33-15?. The van der Waals surface area contributed by atoms with Gasteiger partial charge in [-0.2, -0.15) is 13.2 Å².